The highest BCUT2D eigenvalue weighted by Gasteiger charge is 2.15. The number of pyridine rings is 1. The molecule has 3 aromatic carbocycles. The predicted octanol–water partition coefficient (Wildman–Crippen LogP) is 5.18. The number of amides is 1. The average Bonchev–Trinajstić information content (AvgIpc) is 2.83. The molecule has 0 unspecified atom stereocenters. The lowest BCUT2D eigenvalue weighted by molar-refractivity contribution is 0.102. The van der Waals surface area contributed by atoms with E-state index in [-0.39, 0.29) is 5.91 Å². The molecule has 4 rings (SSSR count). The Labute approximate surface area is 180 Å². The molecule has 156 valence electrons. The molecule has 4 aromatic rings. The first-order valence-corrected chi connectivity index (χ1v) is 9.70. The Bertz CT molecular complexity index is 1240. The summed E-state index contributed by atoms with van der Waals surface area (Å²) in [5.41, 5.74) is 3.64. The van der Waals surface area contributed by atoms with Gasteiger partial charge in [-0.3, -0.25) is 4.79 Å². The van der Waals surface area contributed by atoms with Gasteiger partial charge in [-0.05, 0) is 30.3 Å². The molecular formula is C25H22N2O4. The molecule has 0 aliphatic rings. The molecule has 6 heteroatoms. The number of hydrogen-bond donors (Lipinski definition) is 1. The van der Waals surface area contributed by atoms with E-state index in [4.69, 9.17) is 19.2 Å². The van der Waals surface area contributed by atoms with Crippen LogP contribution in [0.5, 0.6) is 17.2 Å². The normalized spacial score (nSPS) is 10.5. The van der Waals surface area contributed by atoms with Gasteiger partial charge in [0, 0.05) is 28.8 Å². The van der Waals surface area contributed by atoms with E-state index in [1.54, 1.807) is 32.4 Å². The highest BCUT2D eigenvalue weighted by Crippen LogP contribution is 2.32. The van der Waals surface area contributed by atoms with Crippen molar-refractivity contribution in [1.82, 2.24) is 4.98 Å². The number of carbonyl (C=O) groups is 1. The number of anilines is 1. The molecule has 0 atom stereocenters. The van der Waals surface area contributed by atoms with Crippen LogP contribution in [-0.2, 0) is 0 Å². The van der Waals surface area contributed by atoms with Crippen LogP contribution < -0.4 is 19.5 Å². The zero-order chi connectivity index (χ0) is 21.8. The Kier molecular flexibility index (Phi) is 5.71. The summed E-state index contributed by atoms with van der Waals surface area (Å²) >= 11 is 0. The van der Waals surface area contributed by atoms with E-state index in [2.05, 4.69) is 5.32 Å². The Morgan fingerprint density at radius 2 is 1.58 bits per heavy atom. The summed E-state index contributed by atoms with van der Waals surface area (Å²) in [5.74, 6) is 1.45. The molecule has 0 saturated carbocycles. The van der Waals surface area contributed by atoms with Gasteiger partial charge in [0.15, 0.2) is 0 Å². The van der Waals surface area contributed by atoms with Crippen molar-refractivity contribution in [3.8, 4) is 28.5 Å². The van der Waals surface area contributed by atoms with Gasteiger partial charge in [-0.15, -0.1) is 0 Å². The number of hydrogen-bond acceptors (Lipinski definition) is 5. The van der Waals surface area contributed by atoms with E-state index < -0.39 is 0 Å². The van der Waals surface area contributed by atoms with Gasteiger partial charge in [0.05, 0.1) is 38.1 Å². The number of aromatic nitrogens is 1. The van der Waals surface area contributed by atoms with Crippen molar-refractivity contribution in [1.29, 1.82) is 0 Å². The molecule has 0 radical (unpaired) electrons. The van der Waals surface area contributed by atoms with Crippen LogP contribution in [0, 0.1) is 0 Å². The quantitative estimate of drug-likeness (QED) is 0.471. The van der Waals surface area contributed by atoms with E-state index in [9.17, 15) is 4.79 Å². The van der Waals surface area contributed by atoms with Crippen molar-refractivity contribution < 1.29 is 19.0 Å². The van der Waals surface area contributed by atoms with Gasteiger partial charge in [0.1, 0.15) is 17.2 Å². The molecule has 31 heavy (non-hydrogen) atoms. The lowest BCUT2D eigenvalue weighted by Crippen LogP contribution is -2.13. The minimum absolute atomic E-state index is 0.285. The van der Waals surface area contributed by atoms with Crippen LogP contribution >= 0.6 is 0 Å². The average molecular weight is 414 g/mol. The molecular weight excluding hydrogens is 392 g/mol. The van der Waals surface area contributed by atoms with Crippen LogP contribution in [0.4, 0.5) is 5.69 Å². The third-order valence-electron chi connectivity index (χ3n) is 4.97. The van der Waals surface area contributed by atoms with Gasteiger partial charge in [0.2, 0.25) is 0 Å². The molecule has 1 amide bonds. The van der Waals surface area contributed by atoms with Crippen molar-refractivity contribution >= 4 is 22.5 Å². The minimum Gasteiger partial charge on any atom is -0.497 e. The molecule has 1 heterocycles. The topological polar surface area (TPSA) is 69.7 Å². The van der Waals surface area contributed by atoms with Gasteiger partial charge in [-0.2, -0.15) is 0 Å². The SMILES string of the molecule is COc1ccc(C(=O)Nc2ccc3nc(-c4ccccc4)cc(OC)c3c2)c(OC)c1. The summed E-state index contributed by atoms with van der Waals surface area (Å²) in [6.07, 6.45) is 0. The number of methoxy groups -OCH3 is 3. The maximum absolute atomic E-state index is 12.8. The van der Waals surface area contributed by atoms with Crippen LogP contribution in [0.25, 0.3) is 22.2 Å². The van der Waals surface area contributed by atoms with Crippen LogP contribution in [0.15, 0.2) is 72.8 Å². The standard InChI is InChI=1S/C25H22N2O4/c1-29-18-10-11-19(23(14-18)30-2)25(28)26-17-9-12-21-20(13-17)24(31-3)15-22(27-21)16-7-5-4-6-8-16/h4-15H,1-3H3,(H,26,28). The molecule has 6 nitrogen and oxygen atoms in total. The first-order chi connectivity index (χ1) is 15.1. The molecule has 0 fully saturated rings. The van der Waals surface area contributed by atoms with Gasteiger partial charge < -0.3 is 19.5 Å². The summed E-state index contributed by atoms with van der Waals surface area (Å²) in [6, 6.07) is 22.4. The second-order valence-corrected chi connectivity index (χ2v) is 6.83. The lowest BCUT2D eigenvalue weighted by Gasteiger charge is -2.13. The Hall–Kier alpha value is -4.06. The zero-order valence-corrected chi connectivity index (χ0v) is 17.5. The van der Waals surface area contributed by atoms with E-state index in [0.29, 0.717) is 28.5 Å². The second-order valence-electron chi connectivity index (χ2n) is 6.83. The molecule has 1 aromatic heterocycles. The molecule has 0 spiro atoms. The van der Waals surface area contributed by atoms with Crippen LogP contribution in [-0.4, -0.2) is 32.2 Å². The number of nitrogens with zero attached hydrogens (tertiary/aromatic N) is 1. The van der Waals surface area contributed by atoms with E-state index in [1.807, 2.05) is 54.6 Å². The first-order valence-electron chi connectivity index (χ1n) is 9.70. The highest BCUT2D eigenvalue weighted by molar-refractivity contribution is 6.07. The van der Waals surface area contributed by atoms with Crippen molar-refractivity contribution in [3.63, 3.8) is 0 Å². The predicted molar refractivity (Wildman–Crippen MR) is 121 cm³/mol. The maximum atomic E-state index is 12.8. The van der Waals surface area contributed by atoms with Crippen molar-refractivity contribution in [2.75, 3.05) is 26.6 Å². The Morgan fingerprint density at radius 3 is 2.29 bits per heavy atom. The summed E-state index contributed by atoms with van der Waals surface area (Å²) < 4.78 is 16.1. The van der Waals surface area contributed by atoms with Crippen LogP contribution in [0.2, 0.25) is 0 Å². The Balaban J connectivity index is 1.67. The second kappa shape index (κ2) is 8.75. The third kappa shape index (κ3) is 4.14. The van der Waals surface area contributed by atoms with Crippen molar-refractivity contribution in [3.05, 3.63) is 78.4 Å². The number of fused-ring (bicyclic) bond motifs is 1. The molecule has 0 aliphatic heterocycles. The number of nitrogens with one attached hydrogen (secondary N) is 1. The fraction of sp³-hybridized carbons (Fsp3) is 0.120. The minimum atomic E-state index is -0.285. The van der Waals surface area contributed by atoms with Gasteiger partial charge in [-0.1, -0.05) is 30.3 Å². The number of benzene rings is 3. The number of ether oxygens (including phenoxy) is 3. The van der Waals surface area contributed by atoms with E-state index in [1.165, 1.54) is 7.11 Å². The van der Waals surface area contributed by atoms with Gasteiger partial charge >= 0.3 is 0 Å². The zero-order valence-electron chi connectivity index (χ0n) is 17.5. The smallest absolute Gasteiger partial charge is 0.259 e. The van der Waals surface area contributed by atoms with Crippen molar-refractivity contribution in [2.45, 2.75) is 0 Å². The fourth-order valence-corrected chi connectivity index (χ4v) is 3.38. The Morgan fingerprint density at radius 1 is 0.806 bits per heavy atom. The molecule has 1 N–H and O–H groups in total. The van der Waals surface area contributed by atoms with Crippen LogP contribution in [0.3, 0.4) is 0 Å². The third-order valence-corrected chi connectivity index (χ3v) is 4.97. The first kappa shape index (κ1) is 20.2. The van der Waals surface area contributed by atoms with Gasteiger partial charge in [-0.25, -0.2) is 4.98 Å². The summed E-state index contributed by atoms with van der Waals surface area (Å²) in [7, 11) is 4.70. The van der Waals surface area contributed by atoms with E-state index >= 15 is 0 Å². The fourth-order valence-electron chi connectivity index (χ4n) is 3.38. The molecule has 0 aliphatic carbocycles. The van der Waals surface area contributed by atoms with Crippen LogP contribution in [0.1, 0.15) is 10.4 Å². The van der Waals surface area contributed by atoms with Crippen molar-refractivity contribution in [2.24, 2.45) is 0 Å². The van der Waals surface area contributed by atoms with E-state index in [0.717, 1.165) is 22.2 Å². The maximum Gasteiger partial charge on any atom is 0.259 e. The summed E-state index contributed by atoms with van der Waals surface area (Å²) in [6.45, 7) is 0. The highest BCUT2D eigenvalue weighted by atomic mass is 16.5. The molecule has 0 bridgehead atoms. The monoisotopic (exact) mass is 414 g/mol. The summed E-state index contributed by atoms with van der Waals surface area (Å²) in [4.78, 5) is 17.6. The lowest BCUT2D eigenvalue weighted by atomic mass is 10.1. The number of rotatable bonds is 6. The largest absolute Gasteiger partial charge is 0.497 e. The summed E-state index contributed by atoms with van der Waals surface area (Å²) in [5, 5.41) is 3.72. The van der Waals surface area contributed by atoms with Gasteiger partial charge in [0.25, 0.3) is 5.91 Å². The molecule has 0 saturated heterocycles. The number of carbonyl (C=O) groups excluding carboxylic acids is 1.